The highest BCUT2D eigenvalue weighted by Gasteiger charge is 2.18. The van der Waals surface area contributed by atoms with Crippen LogP contribution in [0.25, 0.3) is 0 Å². The summed E-state index contributed by atoms with van der Waals surface area (Å²) in [5.41, 5.74) is 2.26. The second-order valence-corrected chi connectivity index (χ2v) is 4.03. The van der Waals surface area contributed by atoms with Crippen LogP contribution in [0.1, 0.15) is 36.8 Å². The first-order chi connectivity index (χ1) is 7.40. The molecule has 1 aromatic rings. The van der Waals surface area contributed by atoms with Gasteiger partial charge in [0.1, 0.15) is 6.10 Å². The first-order valence-electron chi connectivity index (χ1n) is 5.70. The summed E-state index contributed by atoms with van der Waals surface area (Å²) in [7, 11) is 1.96. The van der Waals surface area contributed by atoms with Gasteiger partial charge in [-0.05, 0) is 32.4 Å². The molecule has 0 spiro atoms. The van der Waals surface area contributed by atoms with Crippen molar-refractivity contribution in [3.05, 3.63) is 17.5 Å². The minimum absolute atomic E-state index is 0.221. The van der Waals surface area contributed by atoms with Crippen LogP contribution in [0.3, 0.4) is 0 Å². The highest BCUT2D eigenvalue weighted by Crippen LogP contribution is 2.26. The summed E-state index contributed by atoms with van der Waals surface area (Å²) in [6.45, 7) is 1.86. The molecule has 1 atom stereocenters. The third-order valence-electron chi connectivity index (χ3n) is 2.80. The predicted octanol–water partition coefficient (Wildman–Crippen LogP) is 1.41. The molecule has 2 N–H and O–H groups in total. The quantitative estimate of drug-likeness (QED) is 0.788. The number of hydrogen-bond donors (Lipinski definition) is 2. The Hall–Kier alpha value is -0.870. The first-order valence-corrected chi connectivity index (χ1v) is 5.70. The number of likely N-dealkylation sites (N-methyl/N-ethyl adjacent to an activating group) is 1. The highest BCUT2D eigenvalue weighted by atomic mass is 16.5. The average molecular weight is 209 g/mol. The Kier molecular flexibility index (Phi) is 3.75. The first kappa shape index (κ1) is 10.6. The standard InChI is InChI=1S/C11H19N3O/c1-12-6-5-9-8-10(14-13-9)11-4-2-3-7-15-11/h8,11-12H,2-7H2,1H3,(H,13,14). The van der Waals surface area contributed by atoms with Crippen molar-refractivity contribution in [2.45, 2.75) is 31.8 Å². The fourth-order valence-electron chi connectivity index (χ4n) is 1.91. The molecule has 1 fully saturated rings. The Morgan fingerprint density at radius 1 is 1.60 bits per heavy atom. The lowest BCUT2D eigenvalue weighted by molar-refractivity contribution is 0.0123. The Labute approximate surface area is 90.4 Å². The smallest absolute Gasteiger partial charge is 0.101 e. The van der Waals surface area contributed by atoms with E-state index < -0.39 is 0 Å². The molecule has 0 saturated carbocycles. The SMILES string of the molecule is CNCCc1cc(C2CCCCO2)n[nH]1. The predicted molar refractivity (Wildman–Crippen MR) is 58.8 cm³/mol. The molecule has 2 rings (SSSR count). The summed E-state index contributed by atoms with van der Waals surface area (Å²) in [5.74, 6) is 0. The lowest BCUT2D eigenvalue weighted by atomic mass is 10.1. The van der Waals surface area contributed by atoms with Crippen LogP contribution in [0, 0.1) is 0 Å². The van der Waals surface area contributed by atoms with Gasteiger partial charge in [0.25, 0.3) is 0 Å². The van der Waals surface area contributed by atoms with E-state index in [2.05, 4.69) is 21.6 Å². The topological polar surface area (TPSA) is 49.9 Å². The number of H-pyrrole nitrogens is 1. The Morgan fingerprint density at radius 3 is 3.27 bits per heavy atom. The summed E-state index contributed by atoms with van der Waals surface area (Å²) in [5, 5.41) is 10.5. The molecule has 84 valence electrons. The third-order valence-corrected chi connectivity index (χ3v) is 2.80. The lowest BCUT2D eigenvalue weighted by Crippen LogP contribution is -2.11. The largest absolute Gasteiger partial charge is 0.372 e. The molecule has 15 heavy (non-hydrogen) atoms. The van der Waals surface area contributed by atoms with Crippen LogP contribution >= 0.6 is 0 Å². The maximum atomic E-state index is 5.68. The second kappa shape index (κ2) is 5.28. The maximum Gasteiger partial charge on any atom is 0.101 e. The van der Waals surface area contributed by atoms with Crippen LogP contribution in [-0.2, 0) is 11.2 Å². The van der Waals surface area contributed by atoms with Gasteiger partial charge in [0.2, 0.25) is 0 Å². The van der Waals surface area contributed by atoms with Crippen molar-refractivity contribution in [1.82, 2.24) is 15.5 Å². The van der Waals surface area contributed by atoms with E-state index in [0.717, 1.165) is 31.7 Å². The van der Waals surface area contributed by atoms with Crippen molar-refractivity contribution >= 4 is 0 Å². The normalized spacial score (nSPS) is 21.8. The second-order valence-electron chi connectivity index (χ2n) is 4.03. The number of nitrogens with zero attached hydrogens (tertiary/aromatic N) is 1. The van der Waals surface area contributed by atoms with Gasteiger partial charge in [-0.15, -0.1) is 0 Å². The molecule has 1 aliphatic heterocycles. The van der Waals surface area contributed by atoms with E-state index in [1.165, 1.54) is 18.5 Å². The van der Waals surface area contributed by atoms with Crippen molar-refractivity contribution in [1.29, 1.82) is 0 Å². The minimum Gasteiger partial charge on any atom is -0.372 e. The van der Waals surface area contributed by atoms with E-state index >= 15 is 0 Å². The van der Waals surface area contributed by atoms with Crippen LogP contribution < -0.4 is 5.32 Å². The number of ether oxygens (including phenoxy) is 1. The van der Waals surface area contributed by atoms with Crippen molar-refractivity contribution in [2.75, 3.05) is 20.2 Å². The third kappa shape index (κ3) is 2.79. The Morgan fingerprint density at radius 2 is 2.53 bits per heavy atom. The molecule has 0 aliphatic carbocycles. The average Bonchev–Trinajstić information content (AvgIpc) is 2.76. The van der Waals surface area contributed by atoms with Crippen molar-refractivity contribution in [3.63, 3.8) is 0 Å². The minimum atomic E-state index is 0.221. The van der Waals surface area contributed by atoms with E-state index in [4.69, 9.17) is 4.74 Å². The molecule has 4 heteroatoms. The molecular weight excluding hydrogens is 190 g/mol. The van der Waals surface area contributed by atoms with Gasteiger partial charge in [0.15, 0.2) is 0 Å². The number of hydrogen-bond acceptors (Lipinski definition) is 3. The number of aromatic amines is 1. The summed E-state index contributed by atoms with van der Waals surface area (Å²) in [4.78, 5) is 0. The van der Waals surface area contributed by atoms with E-state index in [-0.39, 0.29) is 6.10 Å². The van der Waals surface area contributed by atoms with Crippen LogP contribution in [0.5, 0.6) is 0 Å². The number of nitrogens with one attached hydrogen (secondary N) is 2. The van der Waals surface area contributed by atoms with E-state index in [0.29, 0.717) is 0 Å². The lowest BCUT2D eigenvalue weighted by Gasteiger charge is -2.20. The number of rotatable bonds is 4. The fourth-order valence-corrected chi connectivity index (χ4v) is 1.91. The number of aromatic nitrogens is 2. The Bertz CT molecular complexity index is 292. The van der Waals surface area contributed by atoms with Gasteiger partial charge in [0.05, 0.1) is 5.69 Å². The zero-order chi connectivity index (χ0) is 10.5. The molecule has 0 bridgehead atoms. The summed E-state index contributed by atoms with van der Waals surface area (Å²) in [6.07, 6.45) is 4.77. The van der Waals surface area contributed by atoms with Crippen molar-refractivity contribution < 1.29 is 4.74 Å². The molecule has 1 aromatic heterocycles. The molecular formula is C11H19N3O. The monoisotopic (exact) mass is 209 g/mol. The molecule has 2 heterocycles. The van der Waals surface area contributed by atoms with Crippen molar-refractivity contribution in [2.24, 2.45) is 0 Å². The fraction of sp³-hybridized carbons (Fsp3) is 0.727. The van der Waals surface area contributed by atoms with Crippen LogP contribution in [0.2, 0.25) is 0 Å². The van der Waals surface area contributed by atoms with E-state index in [1.807, 2.05) is 7.05 Å². The molecule has 1 aliphatic rings. The van der Waals surface area contributed by atoms with Gasteiger partial charge in [0, 0.05) is 25.3 Å². The van der Waals surface area contributed by atoms with Crippen LogP contribution in [-0.4, -0.2) is 30.4 Å². The van der Waals surface area contributed by atoms with Gasteiger partial charge in [-0.1, -0.05) is 0 Å². The highest BCUT2D eigenvalue weighted by molar-refractivity contribution is 5.12. The molecule has 1 unspecified atom stereocenters. The van der Waals surface area contributed by atoms with Gasteiger partial charge in [-0.25, -0.2) is 0 Å². The van der Waals surface area contributed by atoms with E-state index in [9.17, 15) is 0 Å². The van der Waals surface area contributed by atoms with Gasteiger partial charge in [-0.2, -0.15) is 5.10 Å². The molecule has 1 saturated heterocycles. The van der Waals surface area contributed by atoms with Crippen LogP contribution in [0.4, 0.5) is 0 Å². The van der Waals surface area contributed by atoms with Gasteiger partial charge < -0.3 is 10.1 Å². The summed E-state index contributed by atoms with van der Waals surface area (Å²) >= 11 is 0. The molecule has 0 radical (unpaired) electrons. The Balaban J connectivity index is 1.93. The zero-order valence-electron chi connectivity index (χ0n) is 9.25. The van der Waals surface area contributed by atoms with E-state index in [1.54, 1.807) is 0 Å². The molecule has 0 aromatic carbocycles. The maximum absolute atomic E-state index is 5.68. The summed E-state index contributed by atoms with van der Waals surface area (Å²) in [6, 6.07) is 2.13. The van der Waals surface area contributed by atoms with Crippen LogP contribution in [0.15, 0.2) is 6.07 Å². The van der Waals surface area contributed by atoms with Gasteiger partial charge in [-0.3, -0.25) is 5.10 Å². The molecule has 0 amide bonds. The summed E-state index contributed by atoms with van der Waals surface area (Å²) < 4.78 is 5.68. The van der Waals surface area contributed by atoms with Gasteiger partial charge >= 0.3 is 0 Å². The molecule has 4 nitrogen and oxygen atoms in total. The zero-order valence-corrected chi connectivity index (χ0v) is 9.25. The van der Waals surface area contributed by atoms with Crippen molar-refractivity contribution in [3.8, 4) is 0 Å².